The Kier molecular flexibility index (Phi) is 4.71. The minimum Gasteiger partial charge on any atom is -0.364 e. The van der Waals surface area contributed by atoms with E-state index in [2.05, 4.69) is 11.9 Å². The lowest BCUT2D eigenvalue weighted by atomic mass is 10.1. The number of piperazine rings is 1. The summed E-state index contributed by atoms with van der Waals surface area (Å²) in [5.41, 5.74) is 1.50. The first kappa shape index (κ1) is 13.8. The van der Waals surface area contributed by atoms with E-state index >= 15 is 0 Å². The van der Waals surface area contributed by atoms with Crippen molar-refractivity contribution in [1.82, 2.24) is 9.96 Å². The second kappa shape index (κ2) is 6.50. The van der Waals surface area contributed by atoms with Gasteiger partial charge in [0.2, 0.25) is 0 Å². The zero-order chi connectivity index (χ0) is 13.7. The summed E-state index contributed by atoms with van der Waals surface area (Å²) in [6, 6.07) is 7.49. The summed E-state index contributed by atoms with van der Waals surface area (Å²) in [7, 11) is 2.07. The molecule has 1 aromatic rings. The molecule has 1 heterocycles. The van der Waals surface area contributed by atoms with Crippen molar-refractivity contribution in [3.63, 3.8) is 0 Å². The largest absolute Gasteiger partial charge is 0.364 e. The quantitative estimate of drug-likeness (QED) is 0.832. The van der Waals surface area contributed by atoms with Crippen molar-refractivity contribution in [2.45, 2.75) is 6.92 Å². The van der Waals surface area contributed by atoms with E-state index in [-0.39, 0.29) is 5.97 Å². The molecule has 0 spiro atoms. The van der Waals surface area contributed by atoms with Gasteiger partial charge >= 0.3 is 5.97 Å². The molecular weight excluding hydrogens is 240 g/mol. The van der Waals surface area contributed by atoms with Crippen LogP contribution in [0.15, 0.2) is 30.3 Å². The summed E-state index contributed by atoms with van der Waals surface area (Å²) >= 11 is 0. The predicted octanol–water partition coefficient (Wildman–Crippen LogP) is 2.04. The van der Waals surface area contributed by atoms with Gasteiger partial charge in [-0.1, -0.05) is 30.4 Å². The maximum atomic E-state index is 12.2. The van der Waals surface area contributed by atoms with Gasteiger partial charge < -0.3 is 9.74 Å². The van der Waals surface area contributed by atoms with Crippen molar-refractivity contribution < 1.29 is 9.63 Å². The van der Waals surface area contributed by atoms with E-state index in [1.165, 1.54) is 0 Å². The van der Waals surface area contributed by atoms with Gasteiger partial charge in [0.15, 0.2) is 0 Å². The number of allylic oxidation sites excluding steroid dienone is 1. The molecule has 0 N–H and O–H groups in total. The summed E-state index contributed by atoms with van der Waals surface area (Å²) in [5, 5.41) is 1.74. The predicted molar refractivity (Wildman–Crippen MR) is 75.6 cm³/mol. The highest BCUT2D eigenvalue weighted by molar-refractivity contribution is 5.93. The van der Waals surface area contributed by atoms with Gasteiger partial charge in [0, 0.05) is 26.2 Å². The number of hydroxylamine groups is 2. The SMILES string of the molecule is C/C=C/c1ccccc1C(=O)ON1CCN(C)CC1. The second-order valence-electron chi connectivity index (χ2n) is 4.70. The number of benzene rings is 1. The van der Waals surface area contributed by atoms with Crippen molar-refractivity contribution in [3.05, 3.63) is 41.5 Å². The highest BCUT2D eigenvalue weighted by Crippen LogP contribution is 2.13. The van der Waals surface area contributed by atoms with Gasteiger partial charge in [-0.2, -0.15) is 0 Å². The Balaban J connectivity index is 2.04. The highest BCUT2D eigenvalue weighted by atomic mass is 16.7. The first-order valence-corrected chi connectivity index (χ1v) is 6.58. The zero-order valence-corrected chi connectivity index (χ0v) is 11.5. The zero-order valence-electron chi connectivity index (χ0n) is 11.5. The van der Waals surface area contributed by atoms with Crippen LogP contribution in [0.1, 0.15) is 22.8 Å². The number of rotatable bonds is 3. The fourth-order valence-corrected chi connectivity index (χ4v) is 2.05. The van der Waals surface area contributed by atoms with Gasteiger partial charge in [0.25, 0.3) is 0 Å². The average Bonchev–Trinajstić information content (AvgIpc) is 2.42. The Hall–Kier alpha value is -1.65. The Morgan fingerprint density at radius 3 is 2.58 bits per heavy atom. The number of hydrogen-bond donors (Lipinski definition) is 0. The van der Waals surface area contributed by atoms with Crippen molar-refractivity contribution in [2.75, 3.05) is 33.2 Å². The summed E-state index contributed by atoms with van der Waals surface area (Å²) < 4.78 is 0. The van der Waals surface area contributed by atoms with Crippen LogP contribution in [0.2, 0.25) is 0 Å². The van der Waals surface area contributed by atoms with Crippen LogP contribution in [0.4, 0.5) is 0 Å². The third-order valence-electron chi connectivity index (χ3n) is 3.20. The lowest BCUT2D eigenvalue weighted by molar-refractivity contribution is -0.127. The van der Waals surface area contributed by atoms with E-state index in [9.17, 15) is 4.79 Å². The summed E-state index contributed by atoms with van der Waals surface area (Å²) in [4.78, 5) is 19.8. The summed E-state index contributed by atoms with van der Waals surface area (Å²) in [6.45, 7) is 5.29. The fraction of sp³-hybridized carbons (Fsp3) is 0.400. The van der Waals surface area contributed by atoms with Crippen LogP contribution in [-0.2, 0) is 4.84 Å². The van der Waals surface area contributed by atoms with E-state index in [4.69, 9.17) is 4.84 Å². The van der Waals surface area contributed by atoms with Crippen LogP contribution < -0.4 is 0 Å². The van der Waals surface area contributed by atoms with Crippen molar-refractivity contribution >= 4 is 12.0 Å². The monoisotopic (exact) mass is 260 g/mol. The normalized spacial score (nSPS) is 17.8. The average molecular weight is 260 g/mol. The molecule has 0 bridgehead atoms. The standard InChI is InChI=1S/C15H20N2O2/c1-3-6-13-7-4-5-8-14(13)15(18)19-17-11-9-16(2)10-12-17/h3-8H,9-12H2,1-2H3/b6-3+. The molecule has 1 fully saturated rings. The van der Waals surface area contributed by atoms with Gasteiger partial charge in [-0.05, 0) is 25.6 Å². The molecule has 4 heteroatoms. The van der Waals surface area contributed by atoms with Crippen LogP contribution in [0.5, 0.6) is 0 Å². The third kappa shape index (κ3) is 3.66. The number of hydrogen-bond acceptors (Lipinski definition) is 4. The summed E-state index contributed by atoms with van der Waals surface area (Å²) in [6.07, 6.45) is 3.84. The molecular formula is C15H20N2O2. The molecule has 0 saturated carbocycles. The Labute approximate surface area is 114 Å². The highest BCUT2D eigenvalue weighted by Gasteiger charge is 2.19. The molecule has 0 unspecified atom stereocenters. The molecule has 1 aliphatic heterocycles. The minimum atomic E-state index is -0.279. The summed E-state index contributed by atoms with van der Waals surface area (Å²) in [5.74, 6) is -0.279. The fourth-order valence-electron chi connectivity index (χ4n) is 2.05. The van der Waals surface area contributed by atoms with Gasteiger partial charge in [0.1, 0.15) is 0 Å². The number of likely N-dealkylation sites (N-methyl/N-ethyl adjacent to an activating group) is 1. The van der Waals surface area contributed by atoms with Crippen LogP contribution in [0.3, 0.4) is 0 Å². The van der Waals surface area contributed by atoms with E-state index in [1.54, 1.807) is 11.1 Å². The molecule has 0 radical (unpaired) electrons. The molecule has 2 rings (SSSR count). The Morgan fingerprint density at radius 1 is 1.21 bits per heavy atom. The lowest BCUT2D eigenvalue weighted by Gasteiger charge is -2.30. The van der Waals surface area contributed by atoms with Gasteiger partial charge in [-0.15, -0.1) is 5.06 Å². The van der Waals surface area contributed by atoms with Crippen LogP contribution >= 0.6 is 0 Å². The van der Waals surface area contributed by atoms with Crippen molar-refractivity contribution in [1.29, 1.82) is 0 Å². The second-order valence-corrected chi connectivity index (χ2v) is 4.70. The van der Waals surface area contributed by atoms with Gasteiger partial charge in [-0.25, -0.2) is 4.79 Å². The molecule has 19 heavy (non-hydrogen) atoms. The van der Waals surface area contributed by atoms with E-state index in [0.29, 0.717) is 5.56 Å². The van der Waals surface area contributed by atoms with Crippen LogP contribution in [-0.4, -0.2) is 49.2 Å². The Morgan fingerprint density at radius 2 is 1.89 bits per heavy atom. The van der Waals surface area contributed by atoms with Crippen molar-refractivity contribution in [3.8, 4) is 0 Å². The third-order valence-corrected chi connectivity index (χ3v) is 3.20. The van der Waals surface area contributed by atoms with Crippen LogP contribution in [0, 0.1) is 0 Å². The maximum Gasteiger partial charge on any atom is 0.357 e. The van der Waals surface area contributed by atoms with Crippen LogP contribution in [0.25, 0.3) is 6.08 Å². The molecule has 102 valence electrons. The molecule has 1 aliphatic rings. The number of carbonyl (C=O) groups excluding carboxylic acids is 1. The maximum absolute atomic E-state index is 12.2. The van der Waals surface area contributed by atoms with Gasteiger partial charge in [0.05, 0.1) is 5.56 Å². The first-order chi connectivity index (χ1) is 9.20. The van der Waals surface area contributed by atoms with Gasteiger partial charge in [-0.3, -0.25) is 0 Å². The number of nitrogens with zero attached hydrogens (tertiary/aromatic N) is 2. The smallest absolute Gasteiger partial charge is 0.357 e. The number of carbonyl (C=O) groups is 1. The Bertz CT molecular complexity index is 463. The topological polar surface area (TPSA) is 32.8 Å². The lowest BCUT2D eigenvalue weighted by Crippen LogP contribution is -2.45. The molecule has 0 atom stereocenters. The molecule has 0 aliphatic carbocycles. The molecule has 1 aromatic carbocycles. The van der Waals surface area contributed by atoms with E-state index in [1.807, 2.05) is 37.3 Å². The molecule has 0 amide bonds. The molecule has 4 nitrogen and oxygen atoms in total. The molecule has 0 aromatic heterocycles. The van der Waals surface area contributed by atoms with Crippen molar-refractivity contribution in [2.24, 2.45) is 0 Å². The minimum absolute atomic E-state index is 0.279. The molecule has 1 saturated heterocycles. The van der Waals surface area contributed by atoms with E-state index < -0.39 is 0 Å². The van der Waals surface area contributed by atoms with E-state index in [0.717, 1.165) is 31.7 Å². The first-order valence-electron chi connectivity index (χ1n) is 6.58.